The van der Waals surface area contributed by atoms with Crippen molar-refractivity contribution in [1.29, 1.82) is 0 Å². The van der Waals surface area contributed by atoms with Gasteiger partial charge in [-0.3, -0.25) is 0 Å². The Hall–Kier alpha value is -2.34. The van der Waals surface area contributed by atoms with E-state index in [1.165, 1.54) is 0 Å². The van der Waals surface area contributed by atoms with E-state index in [-0.39, 0.29) is 9.79 Å². The first-order valence-corrected chi connectivity index (χ1v) is 8.86. The topological polar surface area (TPSA) is 86.5 Å². The van der Waals surface area contributed by atoms with Gasteiger partial charge in [0.05, 0.1) is 9.79 Å². The first kappa shape index (κ1) is 15.6. The van der Waals surface area contributed by atoms with Crippen molar-refractivity contribution in [2.45, 2.75) is 35.2 Å². The molecule has 2 aromatic rings. The second kappa shape index (κ2) is 6.04. The summed E-state index contributed by atoms with van der Waals surface area (Å²) in [4.78, 5) is 11.5. The predicted molar refractivity (Wildman–Crippen MR) is 84.7 cm³/mol. The summed E-state index contributed by atoms with van der Waals surface area (Å²) in [6.45, 7) is 0. The zero-order valence-corrected chi connectivity index (χ0v) is 13.3. The van der Waals surface area contributed by atoms with Crippen LogP contribution in [-0.2, 0) is 21.0 Å². The van der Waals surface area contributed by atoms with Gasteiger partial charge in [-0.15, -0.1) is 0 Å². The van der Waals surface area contributed by atoms with Gasteiger partial charge in [0, 0.05) is 0 Å². The molecule has 0 spiro atoms. The Morgan fingerprint density at radius 1 is 1.09 bits per heavy atom. The van der Waals surface area contributed by atoms with Gasteiger partial charge in [0.15, 0.2) is 0 Å². The summed E-state index contributed by atoms with van der Waals surface area (Å²) in [6, 6.07) is 13.3. The van der Waals surface area contributed by atoms with E-state index in [0.717, 1.165) is 24.0 Å². The van der Waals surface area contributed by atoms with Gasteiger partial charge in [0.2, 0.25) is 9.84 Å². The van der Waals surface area contributed by atoms with E-state index in [4.69, 9.17) is 10.5 Å². The van der Waals surface area contributed by atoms with Crippen molar-refractivity contribution >= 4 is 15.9 Å². The van der Waals surface area contributed by atoms with Crippen LogP contribution in [0.25, 0.3) is 0 Å². The molecule has 120 valence electrons. The minimum atomic E-state index is -3.55. The van der Waals surface area contributed by atoms with Crippen molar-refractivity contribution in [2.75, 3.05) is 0 Å². The largest absolute Gasteiger partial charge is 0.442 e. The average molecular weight is 331 g/mol. The van der Waals surface area contributed by atoms with Gasteiger partial charge >= 0.3 is 6.09 Å². The molecule has 6 heteroatoms. The van der Waals surface area contributed by atoms with Crippen LogP contribution in [0.1, 0.15) is 30.1 Å². The lowest BCUT2D eigenvalue weighted by Gasteiger charge is -2.25. The number of ether oxygens (including phenoxy) is 1. The van der Waals surface area contributed by atoms with Crippen LogP contribution in [0.5, 0.6) is 0 Å². The Kier molecular flexibility index (Phi) is 4.09. The Morgan fingerprint density at radius 2 is 1.83 bits per heavy atom. The highest BCUT2D eigenvalue weighted by Crippen LogP contribution is 2.34. The number of amides is 1. The van der Waals surface area contributed by atoms with E-state index in [2.05, 4.69) is 0 Å². The van der Waals surface area contributed by atoms with E-state index in [1.807, 2.05) is 0 Å². The summed E-state index contributed by atoms with van der Waals surface area (Å²) in [5.41, 5.74) is 6.82. The second-order valence-electron chi connectivity index (χ2n) is 5.49. The van der Waals surface area contributed by atoms with Crippen LogP contribution in [0.15, 0.2) is 58.3 Å². The van der Waals surface area contributed by atoms with Gasteiger partial charge in [0.1, 0.15) is 6.10 Å². The minimum Gasteiger partial charge on any atom is -0.442 e. The number of fused-ring (bicyclic) bond motifs is 1. The maximum atomic E-state index is 12.7. The van der Waals surface area contributed by atoms with Crippen LogP contribution >= 0.6 is 0 Å². The third-order valence-corrected chi connectivity index (χ3v) is 5.76. The number of hydrogen-bond acceptors (Lipinski definition) is 4. The molecular formula is C17H17NO4S. The predicted octanol–water partition coefficient (Wildman–Crippen LogP) is 2.99. The molecule has 2 aromatic carbocycles. The fourth-order valence-electron chi connectivity index (χ4n) is 2.91. The van der Waals surface area contributed by atoms with E-state index in [9.17, 15) is 13.2 Å². The number of sulfone groups is 1. The third-order valence-electron chi connectivity index (χ3n) is 4.00. The van der Waals surface area contributed by atoms with Crippen molar-refractivity contribution in [3.05, 3.63) is 59.7 Å². The van der Waals surface area contributed by atoms with Gasteiger partial charge in [-0.25, -0.2) is 13.2 Å². The first-order chi connectivity index (χ1) is 11.0. The van der Waals surface area contributed by atoms with Crippen molar-refractivity contribution < 1.29 is 17.9 Å². The number of carbonyl (C=O) groups is 1. The first-order valence-electron chi connectivity index (χ1n) is 7.37. The summed E-state index contributed by atoms with van der Waals surface area (Å²) in [5, 5.41) is 0. The fraction of sp³-hybridized carbons (Fsp3) is 0.235. The van der Waals surface area contributed by atoms with Crippen molar-refractivity contribution in [2.24, 2.45) is 5.73 Å². The summed E-state index contributed by atoms with van der Waals surface area (Å²) < 4.78 is 30.5. The standard InChI is InChI=1S/C17H17NO4S/c18-17(19)22-16-8-4-5-12-11-14(9-10-15(12)16)23(20,21)13-6-2-1-3-7-13/h1-3,6-7,9-11,16H,4-5,8H2,(H2,18,19)/t16-/m1/s1. The van der Waals surface area contributed by atoms with Crippen LogP contribution in [0.3, 0.4) is 0 Å². The van der Waals surface area contributed by atoms with Crippen LogP contribution in [0.2, 0.25) is 0 Å². The van der Waals surface area contributed by atoms with Crippen LogP contribution in [0, 0.1) is 0 Å². The van der Waals surface area contributed by atoms with Crippen molar-refractivity contribution in [1.82, 2.24) is 0 Å². The number of aryl methyl sites for hydroxylation is 1. The number of rotatable bonds is 3. The molecule has 23 heavy (non-hydrogen) atoms. The molecule has 1 atom stereocenters. The Bertz CT molecular complexity index is 831. The summed E-state index contributed by atoms with van der Waals surface area (Å²) in [5.74, 6) is 0. The Labute approximate surface area is 135 Å². The SMILES string of the molecule is NC(=O)O[C@@H]1CCCc2cc(S(=O)(=O)c3ccccc3)ccc21. The lowest BCUT2D eigenvalue weighted by Crippen LogP contribution is -2.21. The number of carbonyl (C=O) groups excluding carboxylic acids is 1. The molecule has 0 unspecified atom stereocenters. The Balaban J connectivity index is 2.00. The molecule has 1 aliphatic rings. The third kappa shape index (κ3) is 3.07. The molecule has 0 aromatic heterocycles. The number of primary amides is 1. The highest BCUT2D eigenvalue weighted by Gasteiger charge is 2.25. The van der Waals surface area contributed by atoms with Gasteiger partial charge in [-0.2, -0.15) is 0 Å². The molecule has 0 fully saturated rings. The molecule has 0 heterocycles. The smallest absolute Gasteiger partial charge is 0.405 e. The number of hydrogen-bond donors (Lipinski definition) is 1. The molecule has 5 nitrogen and oxygen atoms in total. The molecular weight excluding hydrogens is 314 g/mol. The van der Waals surface area contributed by atoms with Gasteiger partial charge < -0.3 is 10.5 Å². The normalized spacial score (nSPS) is 17.3. The Morgan fingerprint density at radius 3 is 2.52 bits per heavy atom. The molecule has 0 saturated heterocycles. The minimum absolute atomic E-state index is 0.252. The molecule has 1 aliphatic carbocycles. The van der Waals surface area contributed by atoms with Gasteiger partial charge in [-0.1, -0.05) is 24.3 Å². The fourth-order valence-corrected chi connectivity index (χ4v) is 4.24. The average Bonchev–Trinajstić information content (AvgIpc) is 2.55. The van der Waals surface area contributed by atoms with Gasteiger partial charge in [0.25, 0.3) is 0 Å². The molecule has 0 radical (unpaired) electrons. The van der Waals surface area contributed by atoms with Crippen molar-refractivity contribution in [3.8, 4) is 0 Å². The maximum Gasteiger partial charge on any atom is 0.405 e. The molecule has 0 bridgehead atoms. The van der Waals surface area contributed by atoms with E-state index >= 15 is 0 Å². The highest BCUT2D eigenvalue weighted by molar-refractivity contribution is 7.91. The quantitative estimate of drug-likeness (QED) is 0.936. The number of benzene rings is 2. The second-order valence-corrected chi connectivity index (χ2v) is 7.44. The lowest BCUT2D eigenvalue weighted by atomic mass is 9.89. The number of nitrogens with two attached hydrogens (primary N) is 1. The summed E-state index contributed by atoms with van der Waals surface area (Å²) >= 11 is 0. The summed E-state index contributed by atoms with van der Waals surface area (Å²) in [7, 11) is -3.55. The molecule has 1 amide bonds. The molecule has 0 aliphatic heterocycles. The molecule has 3 rings (SSSR count). The monoisotopic (exact) mass is 331 g/mol. The zero-order valence-electron chi connectivity index (χ0n) is 12.4. The zero-order chi connectivity index (χ0) is 16.4. The van der Waals surface area contributed by atoms with Crippen LogP contribution in [0.4, 0.5) is 4.79 Å². The highest BCUT2D eigenvalue weighted by atomic mass is 32.2. The van der Waals surface area contributed by atoms with Gasteiger partial charge in [-0.05, 0) is 54.7 Å². The molecule has 0 saturated carbocycles. The van der Waals surface area contributed by atoms with Crippen LogP contribution in [-0.4, -0.2) is 14.5 Å². The van der Waals surface area contributed by atoms with Crippen molar-refractivity contribution in [3.63, 3.8) is 0 Å². The maximum absolute atomic E-state index is 12.7. The van der Waals surface area contributed by atoms with E-state index in [0.29, 0.717) is 6.42 Å². The van der Waals surface area contributed by atoms with Crippen LogP contribution < -0.4 is 5.73 Å². The van der Waals surface area contributed by atoms with E-state index < -0.39 is 22.0 Å². The lowest BCUT2D eigenvalue weighted by molar-refractivity contribution is 0.0958. The summed E-state index contributed by atoms with van der Waals surface area (Å²) in [6.07, 6.45) is 1.06. The molecule has 2 N–H and O–H groups in total. The van der Waals surface area contributed by atoms with E-state index in [1.54, 1.807) is 48.5 Å².